The van der Waals surface area contributed by atoms with Crippen LogP contribution >= 0.6 is 11.3 Å². The number of aromatic nitrogens is 3. The molecule has 0 atom stereocenters. The summed E-state index contributed by atoms with van der Waals surface area (Å²) >= 11 is 1.22. The summed E-state index contributed by atoms with van der Waals surface area (Å²) in [4.78, 5) is 27.8. The Balaban J connectivity index is 1.69. The van der Waals surface area contributed by atoms with Crippen LogP contribution in [0, 0.1) is 0 Å². The van der Waals surface area contributed by atoms with Gasteiger partial charge in [-0.25, -0.2) is 4.98 Å². The van der Waals surface area contributed by atoms with Gasteiger partial charge in [-0.2, -0.15) is 0 Å². The van der Waals surface area contributed by atoms with Crippen molar-refractivity contribution in [2.75, 3.05) is 5.73 Å². The molecule has 0 fully saturated rings. The maximum atomic E-state index is 12.3. The summed E-state index contributed by atoms with van der Waals surface area (Å²) in [6.07, 6.45) is 0. The maximum absolute atomic E-state index is 12.3. The Bertz CT molecular complexity index is 1150. The van der Waals surface area contributed by atoms with E-state index in [1.165, 1.54) is 11.3 Å². The van der Waals surface area contributed by atoms with Gasteiger partial charge < -0.3 is 15.9 Å². The van der Waals surface area contributed by atoms with Gasteiger partial charge in [0, 0.05) is 5.56 Å². The topological polar surface area (TPSA) is 138 Å². The number of hydrogen-bond acceptors (Lipinski definition) is 8. The summed E-state index contributed by atoms with van der Waals surface area (Å²) in [7, 11) is 0. The highest BCUT2D eigenvalue weighted by Crippen LogP contribution is 2.29. The highest BCUT2D eigenvalue weighted by molar-refractivity contribution is 7.20. The van der Waals surface area contributed by atoms with Crippen LogP contribution in [0.1, 0.15) is 26.1 Å². The number of amides is 1. The predicted molar refractivity (Wildman–Crippen MR) is 95.7 cm³/mol. The van der Waals surface area contributed by atoms with Crippen LogP contribution in [0.2, 0.25) is 0 Å². The number of primary amides is 1. The summed E-state index contributed by atoms with van der Waals surface area (Å²) in [6.45, 7) is 0. The Labute approximate surface area is 150 Å². The Kier molecular flexibility index (Phi) is 3.70. The summed E-state index contributed by atoms with van der Waals surface area (Å²) in [6, 6.07) is 12.4. The van der Waals surface area contributed by atoms with Gasteiger partial charge in [-0.3, -0.25) is 9.59 Å². The van der Waals surface area contributed by atoms with Gasteiger partial charge in [0.2, 0.25) is 5.91 Å². The molecule has 0 saturated heterocycles. The monoisotopic (exact) mass is 365 g/mol. The molecule has 0 aliphatic heterocycles. The van der Waals surface area contributed by atoms with Gasteiger partial charge in [-0.15, -0.1) is 16.4 Å². The number of rotatable bonds is 4. The summed E-state index contributed by atoms with van der Waals surface area (Å²) in [5, 5.41) is 7.30. The van der Waals surface area contributed by atoms with Gasteiger partial charge >= 0.3 is 6.01 Å². The highest BCUT2D eigenvalue weighted by Gasteiger charge is 2.20. The second-order valence-electron chi connectivity index (χ2n) is 5.42. The van der Waals surface area contributed by atoms with E-state index >= 15 is 0 Å². The lowest BCUT2D eigenvalue weighted by atomic mass is 10.0. The minimum absolute atomic E-state index is 0.170. The molecule has 0 radical (unpaired) electrons. The molecule has 2 aromatic carbocycles. The fourth-order valence-electron chi connectivity index (χ4n) is 2.45. The Hall–Kier alpha value is -3.59. The number of carbonyl (C=O) groups is 2. The Morgan fingerprint density at radius 2 is 1.73 bits per heavy atom. The van der Waals surface area contributed by atoms with Crippen molar-refractivity contribution in [3.63, 3.8) is 0 Å². The fourth-order valence-corrected chi connectivity index (χ4v) is 3.38. The third-order valence-corrected chi connectivity index (χ3v) is 4.74. The minimum Gasteiger partial charge on any atom is -0.400 e. The van der Waals surface area contributed by atoms with E-state index in [-0.39, 0.29) is 16.9 Å². The lowest BCUT2D eigenvalue weighted by Gasteiger charge is -2.02. The first kappa shape index (κ1) is 15.9. The number of hydrogen-bond donors (Lipinski definition) is 2. The number of carbonyl (C=O) groups excluding carboxylic acids is 2. The quantitative estimate of drug-likeness (QED) is 0.529. The lowest BCUT2D eigenvalue weighted by molar-refractivity contribution is 0.0994. The summed E-state index contributed by atoms with van der Waals surface area (Å²) in [5.74, 6) is -1.13. The van der Waals surface area contributed by atoms with Crippen molar-refractivity contribution < 1.29 is 14.0 Å². The average Bonchev–Trinajstić information content (AvgIpc) is 3.26. The number of fused-ring (bicyclic) bond motifs is 1. The normalized spacial score (nSPS) is 10.9. The van der Waals surface area contributed by atoms with Gasteiger partial charge in [0.05, 0.1) is 10.2 Å². The number of anilines is 1. The summed E-state index contributed by atoms with van der Waals surface area (Å²) in [5.41, 5.74) is 13.6. The zero-order chi connectivity index (χ0) is 18.3. The molecule has 4 N–H and O–H groups in total. The van der Waals surface area contributed by atoms with Crippen LogP contribution in [0.3, 0.4) is 0 Å². The zero-order valence-corrected chi connectivity index (χ0v) is 14.0. The number of thiazole rings is 1. The molecular weight excluding hydrogens is 354 g/mol. The molecular formula is C17H11N5O3S. The van der Waals surface area contributed by atoms with Crippen LogP contribution in [0.5, 0.6) is 0 Å². The third-order valence-electron chi connectivity index (χ3n) is 3.72. The second kappa shape index (κ2) is 6.05. The van der Waals surface area contributed by atoms with E-state index in [9.17, 15) is 9.59 Å². The number of ketones is 1. The van der Waals surface area contributed by atoms with Crippen LogP contribution in [0.25, 0.3) is 21.3 Å². The SMILES string of the molecule is NC(=O)c1ccc(-c2ccc3nc(C(=O)c4nnc(N)o4)sc3c2)cc1. The zero-order valence-electron chi connectivity index (χ0n) is 13.2. The predicted octanol–water partition coefficient (Wildman–Crippen LogP) is 2.26. The van der Waals surface area contributed by atoms with Crippen molar-refractivity contribution in [2.45, 2.75) is 0 Å². The molecule has 1 amide bonds. The number of nitrogens with two attached hydrogens (primary N) is 2. The van der Waals surface area contributed by atoms with E-state index in [0.29, 0.717) is 11.1 Å². The van der Waals surface area contributed by atoms with Crippen LogP contribution in [-0.2, 0) is 0 Å². The van der Waals surface area contributed by atoms with E-state index in [1.54, 1.807) is 12.1 Å². The molecule has 0 spiro atoms. The van der Waals surface area contributed by atoms with Gasteiger partial charge in [0.1, 0.15) is 0 Å². The van der Waals surface area contributed by atoms with Crippen LogP contribution in [0.4, 0.5) is 6.01 Å². The van der Waals surface area contributed by atoms with E-state index in [4.69, 9.17) is 15.9 Å². The molecule has 0 aliphatic rings. The van der Waals surface area contributed by atoms with Crippen molar-refractivity contribution in [1.29, 1.82) is 0 Å². The molecule has 9 heteroatoms. The van der Waals surface area contributed by atoms with Gasteiger partial charge in [-0.05, 0) is 35.4 Å². The summed E-state index contributed by atoms with van der Waals surface area (Å²) < 4.78 is 5.79. The molecule has 0 bridgehead atoms. The molecule has 8 nitrogen and oxygen atoms in total. The maximum Gasteiger partial charge on any atom is 0.313 e. The molecule has 4 rings (SSSR count). The molecule has 128 valence electrons. The first-order valence-electron chi connectivity index (χ1n) is 7.46. The Morgan fingerprint density at radius 1 is 1.00 bits per heavy atom. The molecule has 4 aromatic rings. The largest absolute Gasteiger partial charge is 0.400 e. The number of benzene rings is 2. The number of nitrogen functional groups attached to an aromatic ring is 1. The van der Waals surface area contributed by atoms with Crippen LogP contribution < -0.4 is 11.5 Å². The van der Waals surface area contributed by atoms with E-state index in [1.807, 2.05) is 30.3 Å². The van der Waals surface area contributed by atoms with Gasteiger partial charge in [0.15, 0.2) is 5.01 Å². The molecule has 0 saturated carbocycles. The first-order chi connectivity index (χ1) is 12.5. The average molecular weight is 365 g/mol. The standard InChI is InChI=1S/C17H11N5O3S/c18-14(24)9-3-1-8(2-4-9)10-5-6-11-12(7-10)26-16(20-11)13(23)15-21-22-17(19)25-15/h1-7H,(H2,18,24)(H2,19,22). The van der Waals surface area contributed by atoms with Crippen molar-refractivity contribution in [3.05, 3.63) is 58.9 Å². The smallest absolute Gasteiger partial charge is 0.313 e. The minimum atomic E-state index is -0.473. The van der Waals surface area contributed by atoms with Crippen LogP contribution in [-0.4, -0.2) is 26.9 Å². The Morgan fingerprint density at radius 3 is 2.38 bits per heavy atom. The highest BCUT2D eigenvalue weighted by atomic mass is 32.1. The van der Waals surface area contributed by atoms with E-state index in [0.717, 1.165) is 15.8 Å². The van der Waals surface area contributed by atoms with E-state index < -0.39 is 11.7 Å². The molecule has 2 aromatic heterocycles. The fraction of sp³-hybridized carbons (Fsp3) is 0. The molecule has 2 heterocycles. The van der Waals surface area contributed by atoms with Gasteiger partial charge in [0.25, 0.3) is 11.7 Å². The molecule has 26 heavy (non-hydrogen) atoms. The van der Waals surface area contributed by atoms with Crippen molar-refractivity contribution in [1.82, 2.24) is 15.2 Å². The van der Waals surface area contributed by atoms with Crippen molar-refractivity contribution in [2.24, 2.45) is 5.73 Å². The second-order valence-corrected chi connectivity index (χ2v) is 6.45. The lowest BCUT2D eigenvalue weighted by Crippen LogP contribution is -2.10. The molecule has 0 aliphatic carbocycles. The number of nitrogens with zero attached hydrogens (tertiary/aromatic N) is 3. The van der Waals surface area contributed by atoms with Crippen LogP contribution in [0.15, 0.2) is 46.9 Å². The van der Waals surface area contributed by atoms with Gasteiger partial charge in [-0.1, -0.05) is 23.3 Å². The first-order valence-corrected chi connectivity index (χ1v) is 8.27. The van der Waals surface area contributed by atoms with Crippen molar-refractivity contribution >= 4 is 39.3 Å². The third kappa shape index (κ3) is 2.80. The van der Waals surface area contributed by atoms with E-state index in [2.05, 4.69) is 15.2 Å². The van der Waals surface area contributed by atoms with Crippen molar-refractivity contribution in [3.8, 4) is 11.1 Å². The molecule has 0 unspecified atom stereocenters.